The summed E-state index contributed by atoms with van der Waals surface area (Å²) in [7, 11) is 0. The zero-order valence-corrected chi connectivity index (χ0v) is 17.4. The van der Waals surface area contributed by atoms with Gasteiger partial charge in [-0.2, -0.15) is 0 Å². The molecule has 4 saturated heterocycles. The van der Waals surface area contributed by atoms with E-state index in [9.17, 15) is 9.59 Å². The van der Waals surface area contributed by atoms with E-state index >= 15 is 0 Å². The van der Waals surface area contributed by atoms with Gasteiger partial charge in [0.05, 0.1) is 0 Å². The summed E-state index contributed by atoms with van der Waals surface area (Å²) in [6, 6.07) is 1.96. The van der Waals surface area contributed by atoms with Crippen LogP contribution in [0, 0.1) is 11.8 Å². The first-order chi connectivity index (χ1) is 13.0. The molecule has 4 heterocycles. The molecule has 2 amide bonds. The van der Waals surface area contributed by atoms with E-state index in [0.29, 0.717) is 48.3 Å². The standard InChI is InChI=1S/C23H38N2O2/c1-16(2)15-17(23(27)25-20-7-4-8-21(25)13-12-20)9-14-22(26)24-18-5-3-6-19(24)11-10-18/h16-21H,3-15H2,1-2H3. The number of amides is 2. The molecule has 4 nitrogen and oxygen atoms in total. The maximum Gasteiger partial charge on any atom is 0.226 e. The number of carbonyl (C=O) groups is 2. The summed E-state index contributed by atoms with van der Waals surface area (Å²) >= 11 is 0. The van der Waals surface area contributed by atoms with Crippen molar-refractivity contribution >= 4 is 11.8 Å². The van der Waals surface area contributed by atoms with Gasteiger partial charge in [-0.3, -0.25) is 9.59 Å². The van der Waals surface area contributed by atoms with Crippen LogP contribution < -0.4 is 0 Å². The number of carbonyl (C=O) groups excluding carboxylic acids is 2. The second kappa shape index (κ2) is 8.13. The molecule has 4 bridgehead atoms. The second-order valence-electron chi connectivity index (χ2n) is 10.0. The number of hydrogen-bond acceptors (Lipinski definition) is 2. The molecule has 0 spiro atoms. The van der Waals surface area contributed by atoms with E-state index in [0.717, 1.165) is 12.8 Å². The van der Waals surface area contributed by atoms with Crippen molar-refractivity contribution < 1.29 is 9.59 Å². The third kappa shape index (κ3) is 3.91. The Morgan fingerprint density at radius 1 is 0.778 bits per heavy atom. The van der Waals surface area contributed by atoms with Crippen molar-refractivity contribution in [2.75, 3.05) is 0 Å². The van der Waals surface area contributed by atoms with Crippen molar-refractivity contribution in [1.82, 2.24) is 9.80 Å². The molecule has 0 aromatic rings. The van der Waals surface area contributed by atoms with Gasteiger partial charge < -0.3 is 9.80 Å². The summed E-state index contributed by atoms with van der Waals surface area (Å²) in [4.78, 5) is 30.9. The fraction of sp³-hybridized carbons (Fsp3) is 0.913. The Labute approximate surface area is 165 Å². The van der Waals surface area contributed by atoms with Crippen LogP contribution in [0.3, 0.4) is 0 Å². The van der Waals surface area contributed by atoms with Gasteiger partial charge >= 0.3 is 0 Å². The molecule has 152 valence electrons. The van der Waals surface area contributed by atoms with E-state index in [1.807, 2.05) is 0 Å². The predicted octanol–water partition coefficient (Wildman–Crippen LogP) is 4.52. The minimum absolute atomic E-state index is 0.0394. The summed E-state index contributed by atoms with van der Waals surface area (Å²) in [5.41, 5.74) is 0. The summed E-state index contributed by atoms with van der Waals surface area (Å²) in [5.74, 6) is 1.23. The normalized spacial score (nSPS) is 33.6. The maximum absolute atomic E-state index is 13.4. The highest BCUT2D eigenvalue weighted by Crippen LogP contribution is 2.39. The smallest absolute Gasteiger partial charge is 0.226 e. The molecule has 0 saturated carbocycles. The van der Waals surface area contributed by atoms with Crippen LogP contribution in [0.2, 0.25) is 0 Å². The van der Waals surface area contributed by atoms with Gasteiger partial charge in [-0.05, 0) is 83.0 Å². The number of rotatable bonds is 6. The Bertz CT molecular complexity index is 529. The van der Waals surface area contributed by atoms with Gasteiger partial charge in [0.25, 0.3) is 0 Å². The lowest BCUT2D eigenvalue weighted by molar-refractivity contribution is -0.141. The zero-order chi connectivity index (χ0) is 19.0. The average Bonchev–Trinajstić information content (AvgIpc) is 3.04. The van der Waals surface area contributed by atoms with Crippen molar-refractivity contribution in [3.8, 4) is 0 Å². The van der Waals surface area contributed by atoms with Crippen LogP contribution in [-0.4, -0.2) is 45.8 Å². The SMILES string of the molecule is CC(C)CC(CCC(=O)N1C2CCCC1CC2)C(=O)N1C2CCCC1CC2. The van der Waals surface area contributed by atoms with Crippen LogP contribution >= 0.6 is 0 Å². The van der Waals surface area contributed by atoms with Gasteiger partial charge in [0.15, 0.2) is 0 Å². The van der Waals surface area contributed by atoms with Gasteiger partial charge in [0.1, 0.15) is 0 Å². The fourth-order valence-electron chi connectivity index (χ4n) is 6.55. The topological polar surface area (TPSA) is 40.6 Å². The molecule has 4 rings (SSSR count). The molecule has 0 N–H and O–H groups in total. The third-order valence-electron chi connectivity index (χ3n) is 7.74. The summed E-state index contributed by atoms with van der Waals surface area (Å²) in [6.45, 7) is 4.41. The minimum atomic E-state index is 0.0394. The molecule has 27 heavy (non-hydrogen) atoms. The van der Waals surface area contributed by atoms with Crippen LogP contribution in [0.1, 0.15) is 97.3 Å². The van der Waals surface area contributed by atoms with Gasteiger partial charge in [0.2, 0.25) is 11.8 Å². The molecule has 5 atom stereocenters. The van der Waals surface area contributed by atoms with Crippen LogP contribution in [0.25, 0.3) is 0 Å². The molecular formula is C23H38N2O2. The summed E-state index contributed by atoms with van der Waals surface area (Å²) in [6.07, 6.45) is 14.3. The lowest BCUT2D eigenvalue weighted by atomic mass is 9.89. The third-order valence-corrected chi connectivity index (χ3v) is 7.74. The number of fused-ring (bicyclic) bond motifs is 4. The van der Waals surface area contributed by atoms with Crippen molar-refractivity contribution in [2.24, 2.45) is 11.8 Å². The van der Waals surface area contributed by atoms with E-state index in [1.54, 1.807) is 0 Å². The molecule has 5 unspecified atom stereocenters. The summed E-state index contributed by atoms with van der Waals surface area (Å²) < 4.78 is 0. The highest BCUT2D eigenvalue weighted by atomic mass is 16.2. The molecule has 4 heteroatoms. The largest absolute Gasteiger partial charge is 0.337 e. The fourth-order valence-corrected chi connectivity index (χ4v) is 6.55. The predicted molar refractivity (Wildman–Crippen MR) is 107 cm³/mol. The Morgan fingerprint density at radius 2 is 1.26 bits per heavy atom. The number of hydrogen-bond donors (Lipinski definition) is 0. The molecular weight excluding hydrogens is 336 g/mol. The van der Waals surface area contributed by atoms with E-state index in [-0.39, 0.29) is 5.92 Å². The van der Waals surface area contributed by atoms with Gasteiger partial charge in [-0.1, -0.05) is 13.8 Å². The van der Waals surface area contributed by atoms with Gasteiger partial charge in [-0.25, -0.2) is 0 Å². The first kappa shape index (κ1) is 19.3. The van der Waals surface area contributed by atoms with Crippen LogP contribution in [0.5, 0.6) is 0 Å². The molecule has 0 aromatic heterocycles. The molecule has 4 aliphatic heterocycles. The molecule has 4 aliphatic rings. The average molecular weight is 375 g/mol. The van der Waals surface area contributed by atoms with Crippen molar-refractivity contribution in [1.29, 1.82) is 0 Å². The molecule has 0 aromatic carbocycles. The first-order valence-corrected chi connectivity index (χ1v) is 11.7. The van der Waals surface area contributed by atoms with E-state index in [1.165, 1.54) is 64.2 Å². The van der Waals surface area contributed by atoms with Crippen LogP contribution in [0.15, 0.2) is 0 Å². The van der Waals surface area contributed by atoms with Gasteiger partial charge in [-0.15, -0.1) is 0 Å². The monoisotopic (exact) mass is 374 g/mol. The zero-order valence-electron chi connectivity index (χ0n) is 17.4. The Hall–Kier alpha value is -1.06. The van der Waals surface area contributed by atoms with E-state index in [2.05, 4.69) is 23.6 Å². The summed E-state index contributed by atoms with van der Waals surface area (Å²) in [5, 5.41) is 0. The quantitative estimate of drug-likeness (QED) is 0.686. The van der Waals surface area contributed by atoms with Crippen molar-refractivity contribution in [3.05, 3.63) is 0 Å². The Morgan fingerprint density at radius 3 is 1.74 bits per heavy atom. The molecule has 4 fully saturated rings. The Kier molecular flexibility index (Phi) is 5.80. The number of nitrogens with zero attached hydrogens (tertiary/aromatic N) is 2. The van der Waals surface area contributed by atoms with Gasteiger partial charge in [0, 0.05) is 36.5 Å². The lowest BCUT2D eigenvalue weighted by Gasteiger charge is -2.38. The van der Waals surface area contributed by atoms with Crippen LogP contribution in [0.4, 0.5) is 0 Å². The molecule has 0 aliphatic carbocycles. The molecule has 0 radical (unpaired) electrons. The lowest BCUT2D eigenvalue weighted by Crippen LogP contribution is -2.47. The van der Waals surface area contributed by atoms with Crippen LogP contribution in [-0.2, 0) is 9.59 Å². The Balaban J connectivity index is 1.39. The maximum atomic E-state index is 13.4. The first-order valence-electron chi connectivity index (χ1n) is 11.7. The highest BCUT2D eigenvalue weighted by molar-refractivity contribution is 5.82. The highest BCUT2D eigenvalue weighted by Gasteiger charge is 2.43. The van der Waals surface area contributed by atoms with E-state index in [4.69, 9.17) is 0 Å². The van der Waals surface area contributed by atoms with Crippen molar-refractivity contribution in [2.45, 2.75) is 121 Å². The minimum Gasteiger partial charge on any atom is -0.337 e. The second-order valence-corrected chi connectivity index (χ2v) is 10.0. The van der Waals surface area contributed by atoms with Crippen molar-refractivity contribution in [3.63, 3.8) is 0 Å². The number of piperidine rings is 2. The van der Waals surface area contributed by atoms with E-state index < -0.39 is 0 Å².